The minimum Gasteiger partial charge on any atom is -0.493 e. The average molecular weight is 626 g/mol. The van der Waals surface area contributed by atoms with Crippen molar-refractivity contribution in [2.24, 2.45) is 0 Å². The van der Waals surface area contributed by atoms with Crippen LogP contribution in [0.4, 0.5) is 11.4 Å². The Labute approximate surface area is 267 Å². The first-order valence-corrected chi connectivity index (χ1v) is 15.0. The summed E-state index contributed by atoms with van der Waals surface area (Å²) in [5, 5.41) is 8.49. The second kappa shape index (κ2) is 15.5. The molecule has 4 rings (SSSR count). The number of ether oxygens (including phenoxy) is 3. The second-order valence-electron chi connectivity index (χ2n) is 10.0. The highest BCUT2D eigenvalue weighted by Crippen LogP contribution is 2.38. The van der Waals surface area contributed by atoms with Gasteiger partial charge < -0.3 is 30.2 Å². The van der Waals surface area contributed by atoms with Gasteiger partial charge in [-0.25, -0.2) is 0 Å². The van der Waals surface area contributed by atoms with Crippen LogP contribution in [0.5, 0.6) is 17.2 Å². The topological polar surface area (TPSA) is 115 Å². The number of carbonyl (C=O) groups is 3. The third kappa shape index (κ3) is 9.14. The molecule has 0 saturated carbocycles. The number of methoxy groups -OCH3 is 3. The SMILES string of the molecule is COc1cc(/C=C(\NC(=O)c2ccccc2)C(=O)Nc2ccc(SCC(=O)Nc3cc(C)cc(C)c3)cc2)cc(OC)c1OC. The van der Waals surface area contributed by atoms with Crippen molar-refractivity contribution >= 4 is 46.9 Å². The molecule has 0 saturated heterocycles. The van der Waals surface area contributed by atoms with E-state index in [9.17, 15) is 14.4 Å². The third-order valence-corrected chi connectivity index (χ3v) is 7.53. The van der Waals surface area contributed by atoms with E-state index in [0.29, 0.717) is 34.1 Å². The molecule has 4 aromatic rings. The van der Waals surface area contributed by atoms with Gasteiger partial charge in [0, 0.05) is 21.8 Å². The standard InChI is InChI=1S/C35H35N3O6S/c1-22-15-23(2)17-27(16-22)36-32(39)21-45-28-13-11-26(12-14-28)37-35(41)29(38-34(40)25-9-7-6-8-10-25)18-24-19-30(42-3)33(44-5)31(20-24)43-4/h6-20H,21H2,1-5H3,(H,36,39)(H,37,41)(H,38,40)/b29-18-. The summed E-state index contributed by atoms with van der Waals surface area (Å²) < 4.78 is 16.3. The van der Waals surface area contributed by atoms with Gasteiger partial charge in [0.05, 0.1) is 27.1 Å². The Morgan fingerprint density at radius 1 is 0.733 bits per heavy atom. The van der Waals surface area contributed by atoms with Gasteiger partial charge in [-0.2, -0.15) is 0 Å². The molecular weight excluding hydrogens is 590 g/mol. The van der Waals surface area contributed by atoms with Gasteiger partial charge in [0.25, 0.3) is 11.8 Å². The maximum atomic E-state index is 13.5. The van der Waals surface area contributed by atoms with Crippen LogP contribution in [-0.2, 0) is 9.59 Å². The van der Waals surface area contributed by atoms with E-state index in [1.165, 1.54) is 39.2 Å². The van der Waals surface area contributed by atoms with E-state index in [1.54, 1.807) is 54.6 Å². The van der Waals surface area contributed by atoms with Gasteiger partial charge in [0.1, 0.15) is 5.70 Å². The van der Waals surface area contributed by atoms with E-state index in [0.717, 1.165) is 21.7 Å². The molecule has 0 aliphatic carbocycles. The molecule has 3 amide bonds. The first-order chi connectivity index (χ1) is 21.7. The van der Waals surface area contributed by atoms with E-state index in [1.807, 2.05) is 44.2 Å². The van der Waals surface area contributed by atoms with Crippen LogP contribution >= 0.6 is 11.8 Å². The Balaban J connectivity index is 1.49. The van der Waals surface area contributed by atoms with Crippen LogP contribution in [0.25, 0.3) is 6.08 Å². The molecule has 4 aromatic carbocycles. The minimum atomic E-state index is -0.540. The van der Waals surface area contributed by atoms with Crippen molar-refractivity contribution in [1.82, 2.24) is 5.32 Å². The molecule has 0 radical (unpaired) electrons. The highest BCUT2D eigenvalue weighted by molar-refractivity contribution is 8.00. The lowest BCUT2D eigenvalue weighted by Crippen LogP contribution is -2.30. The molecule has 9 nitrogen and oxygen atoms in total. The monoisotopic (exact) mass is 625 g/mol. The number of hydrogen-bond acceptors (Lipinski definition) is 7. The molecule has 45 heavy (non-hydrogen) atoms. The van der Waals surface area contributed by atoms with E-state index in [2.05, 4.69) is 16.0 Å². The lowest BCUT2D eigenvalue weighted by Gasteiger charge is -2.15. The molecule has 0 heterocycles. The predicted octanol–water partition coefficient (Wildman–Crippen LogP) is 6.47. The maximum absolute atomic E-state index is 13.5. The van der Waals surface area contributed by atoms with Crippen LogP contribution in [0.3, 0.4) is 0 Å². The summed E-state index contributed by atoms with van der Waals surface area (Å²) in [6.45, 7) is 3.97. The quantitative estimate of drug-likeness (QED) is 0.122. The molecule has 0 fully saturated rings. The summed E-state index contributed by atoms with van der Waals surface area (Å²) in [5.74, 6) is 0.319. The summed E-state index contributed by atoms with van der Waals surface area (Å²) in [6.07, 6.45) is 1.53. The second-order valence-corrected chi connectivity index (χ2v) is 11.1. The summed E-state index contributed by atoms with van der Waals surface area (Å²) in [7, 11) is 4.49. The fourth-order valence-electron chi connectivity index (χ4n) is 4.52. The van der Waals surface area contributed by atoms with Crippen molar-refractivity contribution in [1.29, 1.82) is 0 Å². The van der Waals surface area contributed by atoms with E-state index < -0.39 is 11.8 Å². The Morgan fingerprint density at radius 3 is 1.93 bits per heavy atom. The number of carbonyl (C=O) groups excluding carboxylic acids is 3. The number of rotatable bonds is 12. The van der Waals surface area contributed by atoms with Gasteiger partial charge >= 0.3 is 0 Å². The zero-order valence-corrected chi connectivity index (χ0v) is 26.5. The number of anilines is 2. The van der Waals surface area contributed by atoms with Crippen LogP contribution < -0.4 is 30.2 Å². The van der Waals surface area contributed by atoms with Crippen LogP contribution in [-0.4, -0.2) is 44.8 Å². The first-order valence-electron chi connectivity index (χ1n) is 14.0. The highest BCUT2D eigenvalue weighted by atomic mass is 32.2. The molecule has 0 bridgehead atoms. The van der Waals surface area contributed by atoms with Crippen LogP contribution in [0.15, 0.2) is 95.5 Å². The number of amides is 3. The Bertz CT molecular complexity index is 1660. The number of hydrogen-bond donors (Lipinski definition) is 3. The summed E-state index contributed by atoms with van der Waals surface area (Å²) in [5.41, 5.74) is 4.37. The van der Waals surface area contributed by atoms with Gasteiger partial charge in [-0.05, 0) is 97.3 Å². The molecule has 0 spiro atoms. The van der Waals surface area contributed by atoms with Gasteiger partial charge in [-0.3, -0.25) is 14.4 Å². The van der Waals surface area contributed by atoms with Crippen molar-refractivity contribution in [3.8, 4) is 17.2 Å². The number of thioether (sulfide) groups is 1. The zero-order chi connectivity index (χ0) is 32.3. The van der Waals surface area contributed by atoms with E-state index >= 15 is 0 Å². The highest BCUT2D eigenvalue weighted by Gasteiger charge is 2.18. The Kier molecular flexibility index (Phi) is 11.3. The molecule has 0 unspecified atom stereocenters. The fraction of sp³-hybridized carbons (Fsp3) is 0.171. The van der Waals surface area contributed by atoms with Crippen molar-refractivity contribution in [3.63, 3.8) is 0 Å². The lowest BCUT2D eigenvalue weighted by molar-refractivity contribution is -0.114. The molecule has 232 valence electrons. The fourth-order valence-corrected chi connectivity index (χ4v) is 5.22. The smallest absolute Gasteiger partial charge is 0.272 e. The average Bonchev–Trinajstić information content (AvgIpc) is 3.03. The zero-order valence-electron chi connectivity index (χ0n) is 25.7. The van der Waals surface area contributed by atoms with Crippen molar-refractivity contribution in [2.45, 2.75) is 18.7 Å². The van der Waals surface area contributed by atoms with Crippen molar-refractivity contribution in [3.05, 3.63) is 113 Å². The molecule has 3 N–H and O–H groups in total. The van der Waals surface area contributed by atoms with E-state index in [-0.39, 0.29) is 17.4 Å². The third-order valence-electron chi connectivity index (χ3n) is 6.51. The normalized spacial score (nSPS) is 10.9. The number of benzene rings is 4. The lowest BCUT2D eigenvalue weighted by atomic mass is 10.1. The van der Waals surface area contributed by atoms with Gasteiger partial charge in [0.15, 0.2) is 11.5 Å². The Morgan fingerprint density at radius 2 is 1.36 bits per heavy atom. The number of nitrogens with one attached hydrogen (secondary N) is 3. The molecule has 0 aliphatic rings. The first kappa shape index (κ1) is 32.7. The van der Waals surface area contributed by atoms with Gasteiger partial charge in [-0.15, -0.1) is 11.8 Å². The van der Waals surface area contributed by atoms with Gasteiger partial charge in [0.2, 0.25) is 11.7 Å². The summed E-state index contributed by atoms with van der Waals surface area (Å²) >= 11 is 1.38. The van der Waals surface area contributed by atoms with Crippen LogP contribution in [0, 0.1) is 13.8 Å². The maximum Gasteiger partial charge on any atom is 0.272 e. The summed E-state index contributed by atoms with van der Waals surface area (Å²) in [6, 6.07) is 24.9. The van der Waals surface area contributed by atoms with E-state index in [4.69, 9.17) is 14.2 Å². The predicted molar refractivity (Wildman–Crippen MR) is 178 cm³/mol. The molecule has 10 heteroatoms. The molecule has 0 atom stereocenters. The van der Waals surface area contributed by atoms with Crippen LogP contribution in [0.2, 0.25) is 0 Å². The minimum absolute atomic E-state index is 0.000339. The van der Waals surface area contributed by atoms with Crippen molar-refractivity contribution in [2.75, 3.05) is 37.7 Å². The molecule has 0 aromatic heterocycles. The van der Waals surface area contributed by atoms with Crippen LogP contribution in [0.1, 0.15) is 27.0 Å². The Hall–Kier alpha value is -5.22. The van der Waals surface area contributed by atoms with Crippen molar-refractivity contribution < 1.29 is 28.6 Å². The summed E-state index contributed by atoms with van der Waals surface area (Å²) in [4.78, 5) is 39.9. The number of aryl methyl sites for hydroxylation is 2. The largest absolute Gasteiger partial charge is 0.493 e. The molecular formula is C35H35N3O6S. The molecule has 0 aliphatic heterocycles. The van der Waals surface area contributed by atoms with Gasteiger partial charge in [-0.1, -0.05) is 24.3 Å².